The second kappa shape index (κ2) is 18.9. The van der Waals surface area contributed by atoms with E-state index in [-0.39, 0.29) is 12.3 Å². The SMILES string of the molecule is CCCCCCCCCCCCCCCC(=O)C(C[N+](C)(C)C)OP(=O)(O)OCC(O)CO. The molecule has 3 N–H and O–H groups in total. The molecule has 0 saturated heterocycles. The summed E-state index contributed by atoms with van der Waals surface area (Å²) in [6.45, 7) is 1.33. The molecule has 0 aliphatic rings. The normalized spacial score (nSPS) is 15.8. The average molecular weight is 497 g/mol. The van der Waals surface area contributed by atoms with E-state index >= 15 is 0 Å². The first-order valence-corrected chi connectivity index (χ1v) is 14.3. The molecule has 0 radical (unpaired) electrons. The lowest BCUT2D eigenvalue weighted by Crippen LogP contribution is -2.45. The van der Waals surface area contributed by atoms with Crippen LogP contribution in [-0.4, -0.2) is 78.5 Å². The standard InChI is InChI=1S/C24H50NO7P/c1-5-6-7-8-9-10-11-12-13-14-15-16-17-18-23(28)24(19-25(2,3)4)32-33(29,30)31-21-22(27)20-26/h22,24,26-27H,5-21H2,1-4H3/p+1. The largest absolute Gasteiger partial charge is 0.473 e. The molecule has 8 nitrogen and oxygen atoms in total. The molecule has 3 unspecified atom stereocenters. The van der Waals surface area contributed by atoms with E-state index in [1.54, 1.807) is 0 Å². The molecule has 0 aromatic carbocycles. The third-order valence-corrected chi connectivity index (χ3v) is 6.50. The van der Waals surface area contributed by atoms with Crippen molar-refractivity contribution in [3.05, 3.63) is 0 Å². The number of rotatable bonds is 23. The van der Waals surface area contributed by atoms with Crippen molar-refractivity contribution in [2.75, 3.05) is 40.9 Å². The Labute approximate surface area is 201 Å². The first-order chi connectivity index (χ1) is 15.5. The van der Waals surface area contributed by atoms with E-state index in [0.717, 1.165) is 19.3 Å². The predicted molar refractivity (Wildman–Crippen MR) is 132 cm³/mol. The van der Waals surface area contributed by atoms with Gasteiger partial charge in [0.05, 0.1) is 34.4 Å². The highest BCUT2D eigenvalue weighted by molar-refractivity contribution is 7.47. The van der Waals surface area contributed by atoms with Gasteiger partial charge in [0.25, 0.3) is 0 Å². The van der Waals surface area contributed by atoms with Gasteiger partial charge in [-0.15, -0.1) is 0 Å². The maximum absolute atomic E-state index is 12.7. The van der Waals surface area contributed by atoms with Crippen molar-refractivity contribution in [3.8, 4) is 0 Å². The monoisotopic (exact) mass is 496 g/mol. The van der Waals surface area contributed by atoms with Gasteiger partial charge in [-0.1, -0.05) is 84.0 Å². The molecule has 0 bridgehead atoms. The Hall–Kier alpha value is -0.340. The summed E-state index contributed by atoms with van der Waals surface area (Å²) in [5.41, 5.74) is 0. The summed E-state index contributed by atoms with van der Waals surface area (Å²) < 4.78 is 22.5. The number of ketones is 1. The number of Topliss-reactive ketones (excluding diaryl/α,β-unsaturated/α-hetero) is 1. The van der Waals surface area contributed by atoms with Crippen LogP contribution in [0.2, 0.25) is 0 Å². The van der Waals surface area contributed by atoms with E-state index in [1.165, 1.54) is 64.2 Å². The summed E-state index contributed by atoms with van der Waals surface area (Å²) in [5.74, 6) is -0.216. The number of phosphoric ester groups is 1. The number of carbonyl (C=O) groups excluding carboxylic acids is 1. The van der Waals surface area contributed by atoms with Crippen LogP contribution in [0.25, 0.3) is 0 Å². The van der Waals surface area contributed by atoms with Gasteiger partial charge in [-0.25, -0.2) is 4.57 Å². The molecule has 33 heavy (non-hydrogen) atoms. The molecule has 198 valence electrons. The van der Waals surface area contributed by atoms with Gasteiger partial charge in [0, 0.05) is 6.42 Å². The van der Waals surface area contributed by atoms with E-state index in [9.17, 15) is 19.4 Å². The number of hydrogen-bond acceptors (Lipinski definition) is 6. The number of hydrogen-bond donors (Lipinski definition) is 3. The molecule has 3 atom stereocenters. The molecular weight excluding hydrogens is 445 g/mol. The Balaban J connectivity index is 4.16. The average Bonchev–Trinajstić information content (AvgIpc) is 2.73. The zero-order valence-electron chi connectivity index (χ0n) is 21.5. The third kappa shape index (κ3) is 20.7. The summed E-state index contributed by atoms with van der Waals surface area (Å²) in [5, 5.41) is 18.1. The minimum Gasteiger partial charge on any atom is -0.394 e. The first-order valence-electron chi connectivity index (χ1n) is 12.8. The van der Waals surface area contributed by atoms with Gasteiger partial charge in [-0.2, -0.15) is 0 Å². The molecule has 0 amide bonds. The Morgan fingerprint density at radius 3 is 1.76 bits per heavy atom. The lowest BCUT2D eigenvalue weighted by atomic mass is 10.0. The summed E-state index contributed by atoms with van der Waals surface area (Å²) in [7, 11) is 1.08. The quantitative estimate of drug-likeness (QED) is 0.108. The van der Waals surface area contributed by atoms with Gasteiger partial charge in [0.1, 0.15) is 12.6 Å². The van der Waals surface area contributed by atoms with E-state index in [4.69, 9.17) is 14.2 Å². The maximum atomic E-state index is 12.7. The van der Waals surface area contributed by atoms with Crippen molar-refractivity contribution in [1.29, 1.82) is 0 Å². The summed E-state index contributed by atoms with van der Waals surface area (Å²) in [6, 6.07) is 0. The summed E-state index contributed by atoms with van der Waals surface area (Å²) in [4.78, 5) is 22.6. The summed E-state index contributed by atoms with van der Waals surface area (Å²) in [6.07, 6.45) is 13.8. The number of unbranched alkanes of at least 4 members (excludes halogenated alkanes) is 12. The highest BCUT2D eigenvalue weighted by Crippen LogP contribution is 2.45. The molecule has 9 heteroatoms. The lowest BCUT2D eigenvalue weighted by molar-refractivity contribution is -0.872. The molecule has 0 fully saturated rings. The number of aliphatic hydroxyl groups excluding tert-OH is 2. The fourth-order valence-electron chi connectivity index (χ4n) is 3.59. The van der Waals surface area contributed by atoms with Crippen molar-refractivity contribution in [2.24, 2.45) is 0 Å². The van der Waals surface area contributed by atoms with Gasteiger partial charge >= 0.3 is 7.82 Å². The van der Waals surface area contributed by atoms with E-state index in [2.05, 4.69) is 6.92 Å². The minimum atomic E-state index is -4.53. The predicted octanol–water partition coefficient (Wildman–Crippen LogP) is 4.60. The van der Waals surface area contributed by atoms with Gasteiger partial charge in [0.15, 0.2) is 11.9 Å². The zero-order chi connectivity index (χ0) is 25.2. The fraction of sp³-hybridized carbons (Fsp3) is 0.958. The van der Waals surface area contributed by atoms with Gasteiger partial charge in [-0.05, 0) is 6.42 Å². The Morgan fingerprint density at radius 2 is 1.33 bits per heavy atom. The van der Waals surface area contributed by atoms with Crippen LogP contribution in [0.15, 0.2) is 0 Å². The Morgan fingerprint density at radius 1 is 0.879 bits per heavy atom. The van der Waals surface area contributed by atoms with Crippen LogP contribution >= 0.6 is 7.82 Å². The fourth-order valence-corrected chi connectivity index (χ4v) is 4.52. The number of likely N-dealkylation sites (N-methyl/N-ethyl adjacent to an activating group) is 1. The van der Waals surface area contributed by atoms with Gasteiger partial charge < -0.3 is 19.6 Å². The number of phosphoric acid groups is 1. The van der Waals surface area contributed by atoms with Crippen LogP contribution < -0.4 is 0 Å². The van der Waals surface area contributed by atoms with E-state index < -0.39 is 33.2 Å². The number of carbonyl (C=O) groups is 1. The molecular formula is C24H51NO7P+. The molecule has 0 aromatic rings. The number of nitrogens with zero attached hydrogens (tertiary/aromatic N) is 1. The third-order valence-electron chi connectivity index (χ3n) is 5.50. The van der Waals surface area contributed by atoms with Crippen LogP contribution in [0.5, 0.6) is 0 Å². The first kappa shape index (κ1) is 32.7. The van der Waals surface area contributed by atoms with E-state index in [1.807, 2.05) is 21.1 Å². The van der Waals surface area contributed by atoms with Crippen molar-refractivity contribution in [2.45, 2.75) is 109 Å². The van der Waals surface area contributed by atoms with Crippen molar-refractivity contribution in [3.63, 3.8) is 0 Å². The van der Waals surface area contributed by atoms with Gasteiger partial charge in [0.2, 0.25) is 0 Å². The maximum Gasteiger partial charge on any atom is 0.473 e. The zero-order valence-corrected chi connectivity index (χ0v) is 22.4. The van der Waals surface area contributed by atoms with Crippen molar-refractivity contribution < 1.29 is 38.0 Å². The van der Waals surface area contributed by atoms with Crippen LogP contribution in [0.4, 0.5) is 0 Å². The van der Waals surface area contributed by atoms with E-state index in [0.29, 0.717) is 10.9 Å². The Kier molecular flexibility index (Phi) is 18.7. The minimum absolute atomic E-state index is 0.216. The lowest BCUT2D eigenvalue weighted by Gasteiger charge is -2.29. The van der Waals surface area contributed by atoms with Crippen LogP contribution in [0.1, 0.15) is 96.8 Å². The smallest absolute Gasteiger partial charge is 0.394 e. The molecule has 0 saturated carbocycles. The van der Waals surface area contributed by atoms with Crippen molar-refractivity contribution in [1.82, 2.24) is 0 Å². The number of quaternary nitrogens is 1. The highest BCUT2D eigenvalue weighted by atomic mass is 31.2. The Bertz CT molecular complexity index is 539. The van der Waals surface area contributed by atoms with Crippen LogP contribution in [-0.2, 0) is 18.4 Å². The topological polar surface area (TPSA) is 113 Å². The molecule has 0 aromatic heterocycles. The molecule has 0 heterocycles. The van der Waals surface area contributed by atoms with Crippen LogP contribution in [0, 0.1) is 0 Å². The summed E-state index contributed by atoms with van der Waals surface area (Å²) >= 11 is 0. The van der Waals surface area contributed by atoms with Crippen molar-refractivity contribution >= 4 is 13.6 Å². The molecule has 0 aliphatic carbocycles. The second-order valence-electron chi connectivity index (χ2n) is 10.1. The second-order valence-corrected chi connectivity index (χ2v) is 11.5. The molecule has 0 aliphatic heterocycles. The molecule has 0 rings (SSSR count). The molecule has 0 spiro atoms. The van der Waals surface area contributed by atoms with Gasteiger partial charge in [-0.3, -0.25) is 13.8 Å². The highest BCUT2D eigenvalue weighted by Gasteiger charge is 2.34. The number of aliphatic hydroxyl groups is 2. The van der Waals surface area contributed by atoms with Crippen LogP contribution in [0.3, 0.4) is 0 Å².